The summed E-state index contributed by atoms with van der Waals surface area (Å²) < 4.78 is 8.53. The fourth-order valence-electron chi connectivity index (χ4n) is 4.54. The second-order valence-corrected chi connectivity index (χ2v) is 8.78. The molecule has 1 aromatic heterocycles. The minimum Gasteiger partial charge on any atom is -0.493 e. The number of nitrogens with zero attached hydrogens (tertiary/aromatic N) is 4. The van der Waals surface area contributed by atoms with Gasteiger partial charge in [-0.25, -0.2) is 4.98 Å². The van der Waals surface area contributed by atoms with Crippen molar-refractivity contribution in [1.82, 2.24) is 19.4 Å². The summed E-state index contributed by atoms with van der Waals surface area (Å²) in [6.07, 6.45) is 4.84. The maximum atomic E-state index is 6.09. The summed E-state index contributed by atoms with van der Waals surface area (Å²) in [7, 11) is 2.20. The fourth-order valence-corrected chi connectivity index (χ4v) is 4.54. The number of imidazole rings is 1. The number of para-hydroxylation sites is 3. The van der Waals surface area contributed by atoms with Gasteiger partial charge in [0.2, 0.25) is 0 Å². The second-order valence-electron chi connectivity index (χ2n) is 8.78. The molecule has 4 rings (SSSR count). The number of ether oxygens (including phenoxy) is 1. The topological polar surface area (TPSA) is 33.5 Å². The molecule has 170 valence electrons. The molecule has 1 aliphatic rings. The van der Waals surface area contributed by atoms with E-state index >= 15 is 0 Å². The van der Waals surface area contributed by atoms with Crippen LogP contribution in [0.25, 0.3) is 11.0 Å². The van der Waals surface area contributed by atoms with Crippen molar-refractivity contribution in [2.24, 2.45) is 0 Å². The molecular weight excluding hydrogens is 396 g/mol. The van der Waals surface area contributed by atoms with Gasteiger partial charge < -0.3 is 14.2 Å². The lowest BCUT2D eigenvalue weighted by molar-refractivity contribution is 0.113. The van der Waals surface area contributed by atoms with Crippen molar-refractivity contribution >= 4 is 11.0 Å². The lowest BCUT2D eigenvalue weighted by Gasteiger charge is -2.36. The first kappa shape index (κ1) is 22.6. The van der Waals surface area contributed by atoms with E-state index in [2.05, 4.69) is 77.4 Å². The van der Waals surface area contributed by atoms with Crippen molar-refractivity contribution in [2.45, 2.75) is 38.8 Å². The van der Waals surface area contributed by atoms with Crippen LogP contribution in [0.4, 0.5) is 0 Å². The summed E-state index contributed by atoms with van der Waals surface area (Å²) in [5.74, 6) is 2.16. The molecule has 5 heteroatoms. The van der Waals surface area contributed by atoms with E-state index in [1.54, 1.807) is 0 Å². The van der Waals surface area contributed by atoms with Crippen LogP contribution >= 0.6 is 0 Å². The number of aromatic nitrogens is 2. The molecule has 0 amide bonds. The summed E-state index contributed by atoms with van der Waals surface area (Å²) in [6, 6.07) is 17.1. The number of benzene rings is 2. The monoisotopic (exact) mass is 432 g/mol. The maximum absolute atomic E-state index is 6.09. The highest BCUT2D eigenvalue weighted by molar-refractivity contribution is 5.76. The van der Waals surface area contributed by atoms with Crippen molar-refractivity contribution in [1.29, 1.82) is 0 Å². The Labute approximate surface area is 192 Å². The van der Waals surface area contributed by atoms with Crippen molar-refractivity contribution in [2.75, 3.05) is 39.8 Å². The van der Waals surface area contributed by atoms with E-state index < -0.39 is 0 Å². The number of likely N-dealkylation sites (N-methyl/N-ethyl adjacent to an activating group) is 1. The van der Waals surface area contributed by atoms with Gasteiger partial charge in [-0.1, -0.05) is 36.4 Å². The number of hydrogen-bond donors (Lipinski definition) is 0. The predicted molar refractivity (Wildman–Crippen MR) is 132 cm³/mol. The van der Waals surface area contributed by atoms with E-state index in [1.165, 1.54) is 16.9 Å². The lowest BCUT2D eigenvalue weighted by Crippen LogP contribution is -2.45. The number of aryl methyl sites for hydroxylation is 1. The Morgan fingerprint density at radius 3 is 2.59 bits per heavy atom. The third-order valence-electron chi connectivity index (χ3n) is 6.51. The minimum absolute atomic E-state index is 0.318. The highest BCUT2D eigenvalue weighted by Crippen LogP contribution is 2.26. The average Bonchev–Trinajstić information content (AvgIpc) is 3.19. The van der Waals surface area contributed by atoms with Crippen LogP contribution in [0, 0.1) is 0 Å². The summed E-state index contributed by atoms with van der Waals surface area (Å²) in [5.41, 5.74) is 3.53. The van der Waals surface area contributed by atoms with Crippen LogP contribution in [0.1, 0.15) is 37.2 Å². The number of unbranched alkanes of at least 4 members (excludes halogenated alkanes) is 1. The number of piperazine rings is 1. The molecule has 2 aromatic carbocycles. The zero-order valence-electron chi connectivity index (χ0n) is 19.5. The summed E-state index contributed by atoms with van der Waals surface area (Å²) >= 11 is 0. The Bertz CT molecular complexity index is 1020. The molecular formula is C27H36N4O. The molecule has 2 heterocycles. The lowest BCUT2D eigenvalue weighted by atomic mass is 10.1. The van der Waals surface area contributed by atoms with Crippen molar-refractivity contribution < 1.29 is 4.74 Å². The zero-order chi connectivity index (χ0) is 22.3. The Hall–Kier alpha value is -2.63. The highest BCUT2D eigenvalue weighted by Gasteiger charge is 2.24. The van der Waals surface area contributed by atoms with Crippen LogP contribution in [-0.2, 0) is 13.0 Å². The standard InChI is InChI=1S/C27H36N4O/c1-4-11-23-12-5-8-15-26(23)32-21-10-9-16-31-25-14-7-6-13-24(25)28-27(31)22(2)30-19-17-29(3)18-20-30/h4-8,12-15,22H,1,9-11,16-21H2,2-3H3. The molecule has 1 aliphatic heterocycles. The van der Waals surface area contributed by atoms with Gasteiger partial charge in [0.25, 0.3) is 0 Å². The van der Waals surface area contributed by atoms with Gasteiger partial charge in [-0.15, -0.1) is 6.58 Å². The Balaban J connectivity index is 1.40. The largest absolute Gasteiger partial charge is 0.493 e. The first-order valence-corrected chi connectivity index (χ1v) is 11.9. The van der Waals surface area contributed by atoms with E-state index in [1.807, 2.05) is 12.1 Å². The van der Waals surface area contributed by atoms with Gasteiger partial charge in [0.15, 0.2) is 0 Å². The summed E-state index contributed by atoms with van der Waals surface area (Å²) in [6.45, 7) is 12.3. The molecule has 1 fully saturated rings. The second kappa shape index (κ2) is 10.8. The molecule has 0 N–H and O–H groups in total. The summed E-state index contributed by atoms with van der Waals surface area (Å²) in [5, 5.41) is 0. The van der Waals surface area contributed by atoms with E-state index in [4.69, 9.17) is 9.72 Å². The molecule has 32 heavy (non-hydrogen) atoms. The third kappa shape index (κ3) is 5.22. The van der Waals surface area contributed by atoms with E-state index in [0.29, 0.717) is 6.04 Å². The first-order chi connectivity index (χ1) is 15.7. The summed E-state index contributed by atoms with van der Waals surface area (Å²) in [4.78, 5) is 10.0. The van der Waals surface area contributed by atoms with Gasteiger partial charge in [-0.05, 0) is 57.0 Å². The number of fused-ring (bicyclic) bond motifs is 1. The van der Waals surface area contributed by atoms with Gasteiger partial charge in [0, 0.05) is 32.7 Å². The van der Waals surface area contributed by atoms with Gasteiger partial charge in [0.1, 0.15) is 11.6 Å². The molecule has 1 saturated heterocycles. The van der Waals surface area contributed by atoms with Crippen molar-refractivity contribution in [3.8, 4) is 5.75 Å². The van der Waals surface area contributed by atoms with E-state index in [9.17, 15) is 0 Å². The van der Waals surface area contributed by atoms with E-state index in [0.717, 1.165) is 69.9 Å². The number of rotatable bonds is 10. The molecule has 0 aliphatic carbocycles. The molecule has 5 nitrogen and oxygen atoms in total. The molecule has 0 bridgehead atoms. The third-order valence-corrected chi connectivity index (χ3v) is 6.51. The molecule has 1 unspecified atom stereocenters. The SMILES string of the molecule is C=CCc1ccccc1OCCCCn1c(C(C)N2CCN(C)CC2)nc2ccccc21. The van der Waals surface area contributed by atoms with Gasteiger partial charge in [-0.3, -0.25) is 4.90 Å². The van der Waals surface area contributed by atoms with Gasteiger partial charge in [-0.2, -0.15) is 0 Å². The molecule has 0 radical (unpaired) electrons. The van der Waals surface area contributed by atoms with Gasteiger partial charge in [0.05, 0.1) is 23.7 Å². The van der Waals surface area contributed by atoms with Crippen LogP contribution in [-0.4, -0.2) is 59.2 Å². The Morgan fingerprint density at radius 2 is 1.78 bits per heavy atom. The van der Waals surface area contributed by atoms with Crippen LogP contribution < -0.4 is 4.74 Å². The molecule has 0 saturated carbocycles. The molecule has 3 aromatic rings. The quantitative estimate of drug-likeness (QED) is 0.336. The first-order valence-electron chi connectivity index (χ1n) is 11.9. The minimum atomic E-state index is 0.318. The Morgan fingerprint density at radius 1 is 1.03 bits per heavy atom. The average molecular weight is 433 g/mol. The number of allylic oxidation sites excluding steroid dienone is 1. The smallest absolute Gasteiger partial charge is 0.127 e. The van der Waals surface area contributed by atoms with Crippen molar-refractivity contribution in [3.05, 3.63) is 72.6 Å². The fraction of sp³-hybridized carbons (Fsp3) is 0.444. The highest BCUT2D eigenvalue weighted by atomic mass is 16.5. The van der Waals surface area contributed by atoms with Crippen LogP contribution in [0.2, 0.25) is 0 Å². The Kier molecular flexibility index (Phi) is 7.61. The van der Waals surface area contributed by atoms with Crippen LogP contribution in [0.3, 0.4) is 0 Å². The molecule has 1 atom stereocenters. The maximum Gasteiger partial charge on any atom is 0.127 e. The molecule has 0 spiro atoms. The zero-order valence-corrected chi connectivity index (χ0v) is 19.5. The number of hydrogen-bond acceptors (Lipinski definition) is 4. The van der Waals surface area contributed by atoms with Crippen LogP contribution in [0.15, 0.2) is 61.2 Å². The van der Waals surface area contributed by atoms with Crippen LogP contribution in [0.5, 0.6) is 5.75 Å². The van der Waals surface area contributed by atoms with Crippen molar-refractivity contribution in [3.63, 3.8) is 0 Å². The normalized spacial score (nSPS) is 16.3. The predicted octanol–water partition coefficient (Wildman–Crippen LogP) is 4.93. The van der Waals surface area contributed by atoms with Gasteiger partial charge >= 0.3 is 0 Å². The van der Waals surface area contributed by atoms with E-state index in [-0.39, 0.29) is 0 Å².